The van der Waals surface area contributed by atoms with Gasteiger partial charge in [-0.2, -0.15) is 0 Å². The first kappa shape index (κ1) is 12.2. The van der Waals surface area contributed by atoms with E-state index in [0.717, 1.165) is 12.1 Å². The SMILES string of the molecule is CC(C)NCc1ccc(C(C)(C)O)cc1. The van der Waals surface area contributed by atoms with E-state index in [9.17, 15) is 5.11 Å². The minimum atomic E-state index is -0.746. The van der Waals surface area contributed by atoms with Crippen LogP contribution in [0.2, 0.25) is 0 Å². The number of benzene rings is 1. The summed E-state index contributed by atoms with van der Waals surface area (Å²) < 4.78 is 0. The number of aliphatic hydroxyl groups is 1. The Morgan fingerprint density at radius 1 is 1.20 bits per heavy atom. The summed E-state index contributed by atoms with van der Waals surface area (Å²) in [5.74, 6) is 0. The molecule has 0 atom stereocenters. The number of hydrogen-bond donors (Lipinski definition) is 2. The average molecular weight is 207 g/mol. The van der Waals surface area contributed by atoms with Crippen LogP contribution in [0.5, 0.6) is 0 Å². The Kier molecular flexibility index (Phi) is 3.89. The van der Waals surface area contributed by atoms with Gasteiger partial charge in [0.15, 0.2) is 0 Å². The topological polar surface area (TPSA) is 32.3 Å². The van der Waals surface area contributed by atoms with Gasteiger partial charge in [0.2, 0.25) is 0 Å². The van der Waals surface area contributed by atoms with Crippen molar-refractivity contribution in [2.75, 3.05) is 0 Å². The molecule has 0 heterocycles. The number of hydrogen-bond acceptors (Lipinski definition) is 2. The van der Waals surface area contributed by atoms with Crippen LogP contribution in [0.25, 0.3) is 0 Å². The van der Waals surface area contributed by atoms with Gasteiger partial charge in [0.1, 0.15) is 0 Å². The second-order valence-corrected chi connectivity index (χ2v) is 4.79. The molecule has 2 N–H and O–H groups in total. The van der Waals surface area contributed by atoms with Crippen molar-refractivity contribution < 1.29 is 5.11 Å². The monoisotopic (exact) mass is 207 g/mol. The van der Waals surface area contributed by atoms with E-state index in [1.165, 1.54) is 5.56 Å². The molecule has 0 aromatic heterocycles. The third-order valence-corrected chi connectivity index (χ3v) is 2.37. The Hall–Kier alpha value is -0.860. The fraction of sp³-hybridized carbons (Fsp3) is 0.538. The van der Waals surface area contributed by atoms with E-state index in [1.54, 1.807) is 13.8 Å². The first-order valence-corrected chi connectivity index (χ1v) is 5.45. The fourth-order valence-corrected chi connectivity index (χ4v) is 1.35. The molecule has 0 radical (unpaired) electrons. The third kappa shape index (κ3) is 4.02. The second-order valence-electron chi connectivity index (χ2n) is 4.79. The lowest BCUT2D eigenvalue weighted by molar-refractivity contribution is 0.0786. The van der Waals surface area contributed by atoms with Crippen molar-refractivity contribution in [2.24, 2.45) is 0 Å². The molecule has 2 nitrogen and oxygen atoms in total. The summed E-state index contributed by atoms with van der Waals surface area (Å²) in [6.45, 7) is 8.74. The molecular formula is C13H21NO. The molecule has 0 aliphatic rings. The van der Waals surface area contributed by atoms with Crippen LogP contribution in [-0.2, 0) is 12.1 Å². The second kappa shape index (κ2) is 4.77. The van der Waals surface area contributed by atoms with Crippen LogP contribution in [0, 0.1) is 0 Å². The van der Waals surface area contributed by atoms with Crippen LogP contribution in [0.15, 0.2) is 24.3 Å². The summed E-state index contributed by atoms with van der Waals surface area (Å²) >= 11 is 0. The maximum atomic E-state index is 9.78. The van der Waals surface area contributed by atoms with Gasteiger partial charge in [-0.05, 0) is 25.0 Å². The zero-order valence-electron chi connectivity index (χ0n) is 10.0. The van der Waals surface area contributed by atoms with Crippen LogP contribution in [0.1, 0.15) is 38.8 Å². The molecule has 0 unspecified atom stereocenters. The highest BCUT2D eigenvalue weighted by Gasteiger charge is 2.14. The molecule has 1 rings (SSSR count). The van der Waals surface area contributed by atoms with Crippen molar-refractivity contribution in [1.82, 2.24) is 5.32 Å². The molecule has 0 spiro atoms. The summed E-state index contributed by atoms with van der Waals surface area (Å²) in [4.78, 5) is 0. The molecule has 2 heteroatoms. The van der Waals surface area contributed by atoms with Crippen LogP contribution in [0.3, 0.4) is 0 Å². The van der Waals surface area contributed by atoms with Crippen molar-refractivity contribution >= 4 is 0 Å². The van der Waals surface area contributed by atoms with Gasteiger partial charge in [-0.15, -0.1) is 0 Å². The summed E-state index contributed by atoms with van der Waals surface area (Å²) in [6.07, 6.45) is 0. The minimum absolute atomic E-state index is 0.499. The van der Waals surface area contributed by atoms with Gasteiger partial charge >= 0.3 is 0 Å². The Balaban J connectivity index is 2.65. The highest BCUT2D eigenvalue weighted by Crippen LogP contribution is 2.19. The van der Waals surface area contributed by atoms with E-state index < -0.39 is 5.60 Å². The van der Waals surface area contributed by atoms with E-state index in [-0.39, 0.29) is 0 Å². The molecular weight excluding hydrogens is 186 g/mol. The van der Waals surface area contributed by atoms with Crippen molar-refractivity contribution in [3.8, 4) is 0 Å². The first-order valence-electron chi connectivity index (χ1n) is 5.45. The van der Waals surface area contributed by atoms with Gasteiger partial charge in [0.05, 0.1) is 5.60 Å². The molecule has 0 aliphatic carbocycles. The Morgan fingerprint density at radius 2 is 1.73 bits per heavy atom. The van der Waals surface area contributed by atoms with Crippen molar-refractivity contribution in [2.45, 2.75) is 45.9 Å². The predicted molar refractivity (Wildman–Crippen MR) is 63.7 cm³/mol. The molecule has 1 aromatic rings. The van der Waals surface area contributed by atoms with Crippen molar-refractivity contribution in [3.05, 3.63) is 35.4 Å². The zero-order chi connectivity index (χ0) is 11.5. The van der Waals surface area contributed by atoms with Gasteiger partial charge in [-0.1, -0.05) is 38.1 Å². The van der Waals surface area contributed by atoms with Gasteiger partial charge in [-0.3, -0.25) is 0 Å². The molecule has 84 valence electrons. The largest absolute Gasteiger partial charge is 0.386 e. The van der Waals surface area contributed by atoms with Gasteiger partial charge in [-0.25, -0.2) is 0 Å². The standard InChI is InChI=1S/C13H21NO/c1-10(2)14-9-11-5-7-12(8-6-11)13(3,4)15/h5-8,10,14-15H,9H2,1-4H3. The van der Waals surface area contributed by atoms with Gasteiger partial charge in [0, 0.05) is 12.6 Å². The molecule has 0 fully saturated rings. The van der Waals surface area contributed by atoms with E-state index in [0.29, 0.717) is 6.04 Å². The minimum Gasteiger partial charge on any atom is -0.386 e. The van der Waals surface area contributed by atoms with E-state index in [4.69, 9.17) is 0 Å². The van der Waals surface area contributed by atoms with Gasteiger partial charge in [0.25, 0.3) is 0 Å². The molecule has 0 saturated carbocycles. The normalized spacial score (nSPS) is 12.1. The molecule has 0 aliphatic heterocycles. The molecule has 0 saturated heterocycles. The average Bonchev–Trinajstić information content (AvgIpc) is 2.14. The Labute approximate surface area is 92.3 Å². The zero-order valence-corrected chi connectivity index (χ0v) is 10.0. The van der Waals surface area contributed by atoms with E-state index >= 15 is 0 Å². The third-order valence-electron chi connectivity index (χ3n) is 2.37. The first-order chi connectivity index (χ1) is 6.89. The smallest absolute Gasteiger partial charge is 0.0840 e. The quantitative estimate of drug-likeness (QED) is 0.794. The maximum Gasteiger partial charge on any atom is 0.0840 e. The van der Waals surface area contributed by atoms with Crippen LogP contribution in [0.4, 0.5) is 0 Å². The van der Waals surface area contributed by atoms with E-state index in [1.807, 2.05) is 12.1 Å². The lowest BCUT2D eigenvalue weighted by Gasteiger charge is -2.18. The summed E-state index contributed by atoms with van der Waals surface area (Å²) in [6, 6.07) is 8.58. The summed E-state index contributed by atoms with van der Waals surface area (Å²) in [5.41, 5.74) is 1.46. The predicted octanol–water partition coefficient (Wildman–Crippen LogP) is 2.41. The Bertz CT molecular complexity index is 295. The van der Waals surface area contributed by atoms with Crippen molar-refractivity contribution in [3.63, 3.8) is 0 Å². The highest BCUT2D eigenvalue weighted by atomic mass is 16.3. The number of rotatable bonds is 4. The molecule has 0 amide bonds. The van der Waals surface area contributed by atoms with Crippen LogP contribution < -0.4 is 5.32 Å². The van der Waals surface area contributed by atoms with E-state index in [2.05, 4.69) is 31.3 Å². The lowest BCUT2D eigenvalue weighted by Crippen LogP contribution is -2.22. The summed E-state index contributed by atoms with van der Waals surface area (Å²) in [5, 5.41) is 13.1. The van der Waals surface area contributed by atoms with Crippen LogP contribution >= 0.6 is 0 Å². The number of nitrogens with one attached hydrogen (secondary N) is 1. The Morgan fingerprint density at radius 3 is 2.13 bits per heavy atom. The molecule has 0 bridgehead atoms. The maximum absolute atomic E-state index is 9.78. The van der Waals surface area contributed by atoms with Crippen molar-refractivity contribution in [1.29, 1.82) is 0 Å². The van der Waals surface area contributed by atoms with Crippen LogP contribution in [-0.4, -0.2) is 11.1 Å². The lowest BCUT2D eigenvalue weighted by atomic mass is 9.97. The summed E-state index contributed by atoms with van der Waals surface area (Å²) in [7, 11) is 0. The molecule has 15 heavy (non-hydrogen) atoms. The van der Waals surface area contributed by atoms with Gasteiger partial charge < -0.3 is 10.4 Å². The highest BCUT2D eigenvalue weighted by molar-refractivity contribution is 5.26. The molecule has 1 aromatic carbocycles. The fourth-order valence-electron chi connectivity index (χ4n) is 1.35.